The standard InChI is InChI=1S/C15H12BrClN2/c1-19(13-4-2-3-11(7-13)10-18)14-6-5-12(9-17)15(16)8-14/h2-8H,9H2,1H3. The zero-order valence-corrected chi connectivity index (χ0v) is 12.7. The number of hydrogen-bond donors (Lipinski definition) is 0. The molecule has 0 radical (unpaired) electrons. The first-order valence-electron chi connectivity index (χ1n) is 5.74. The maximum Gasteiger partial charge on any atom is 0.0992 e. The van der Waals surface area contributed by atoms with E-state index in [4.69, 9.17) is 16.9 Å². The van der Waals surface area contributed by atoms with Crippen molar-refractivity contribution >= 4 is 38.9 Å². The van der Waals surface area contributed by atoms with Crippen molar-refractivity contribution in [2.24, 2.45) is 0 Å². The molecular weight excluding hydrogens is 324 g/mol. The molecule has 0 aliphatic carbocycles. The Hall–Kier alpha value is -1.50. The Morgan fingerprint density at radius 2 is 1.95 bits per heavy atom. The first kappa shape index (κ1) is 13.9. The van der Waals surface area contributed by atoms with E-state index in [9.17, 15) is 0 Å². The molecule has 4 heteroatoms. The largest absolute Gasteiger partial charge is 0.345 e. The van der Waals surface area contributed by atoms with Crippen LogP contribution >= 0.6 is 27.5 Å². The van der Waals surface area contributed by atoms with Crippen LogP contribution in [0, 0.1) is 11.3 Å². The van der Waals surface area contributed by atoms with E-state index in [2.05, 4.69) is 22.0 Å². The maximum absolute atomic E-state index is 8.94. The first-order chi connectivity index (χ1) is 9.15. The van der Waals surface area contributed by atoms with Gasteiger partial charge in [0.2, 0.25) is 0 Å². The van der Waals surface area contributed by atoms with Crippen LogP contribution in [-0.4, -0.2) is 7.05 Å². The van der Waals surface area contributed by atoms with Crippen LogP contribution in [0.4, 0.5) is 11.4 Å². The molecule has 0 aliphatic rings. The maximum atomic E-state index is 8.94. The predicted octanol–water partition coefficient (Wildman–Crippen LogP) is 4.83. The summed E-state index contributed by atoms with van der Waals surface area (Å²) in [6.45, 7) is 0. The molecular formula is C15H12BrClN2. The van der Waals surface area contributed by atoms with Crippen LogP contribution in [0.25, 0.3) is 0 Å². The van der Waals surface area contributed by atoms with E-state index in [1.807, 2.05) is 48.3 Å². The second-order valence-electron chi connectivity index (χ2n) is 4.13. The molecule has 0 saturated heterocycles. The molecule has 0 bridgehead atoms. The third-order valence-electron chi connectivity index (χ3n) is 2.93. The number of hydrogen-bond acceptors (Lipinski definition) is 2. The summed E-state index contributed by atoms with van der Waals surface area (Å²) in [5, 5.41) is 8.94. The van der Waals surface area contributed by atoms with Crippen molar-refractivity contribution in [3.63, 3.8) is 0 Å². The van der Waals surface area contributed by atoms with Gasteiger partial charge in [0.15, 0.2) is 0 Å². The Bertz CT molecular complexity index is 634. The number of rotatable bonds is 3. The number of halogens is 2. The van der Waals surface area contributed by atoms with Crippen molar-refractivity contribution in [2.45, 2.75) is 5.88 Å². The van der Waals surface area contributed by atoms with Crippen LogP contribution in [0.1, 0.15) is 11.1 Å². The molecule has 96 valence electrons. The fourth-order valence-electron chi connectivity index (χ4n) is 1.79. The van der Waals surface area contributed by atoms with Crippen molar-refractivity contribution in [1.82, 2.24) is 0 Å². The van der Waals surface area contributed by atoms with Gasteiger partial charge in [-0.3, -0.25) is 0 Å². The van der Waals surface area contributed by atoms with Crippen molar-refractivity contribution < 1.29 is 0 Å². The molecule has 0 heterocycles. The highest BCUT2D eigenvalue weighted by Crippen LogP contribution is 2.29. The van der Waals surface area contributed by atoms with Gasteiger partial charge in [0, 0.05) is 28.8 Å². The van der Waals surface area contributed by atoms with E-state index >= 15 is 0 Å². The lowest BCUT2D eigenvalue weighted by Gasteiger charge is -2.20. The molecule has 0 amide bonds. The molecule has 0 saturated carbocycles. The van der Waals surface area contributed by atoms with Gasteiger partial charge in [-0.1, -0.05) is 28.1 Å². The summed E-state index contributed by atoms with van der Waals surface area (Å²) in [6.07, 6.45) is 0. The van der Waals surface area contributed by atoms with Gasteiger partial charge in [0.1, 0.15) is 0 Å². The van der Waals surface area contributed by atoms with Crippen molar-refractivity contribution in [2.75, 3.05) is 11.9 Å². The Morgan fingerprint density at radius 3 is 2.58 bits per heavy atom. The minimum Gasteiger partial charge on any atom is -0.345 e. The second-order valence-corrected chi connectivity index (χ2v) is 5.25. The Kier molecular flexibility index (Phi) is 4.47. The third-order valence-corrected chi connectivity index (χ3v) is 3.96. The Labute approximate surface area is 126 Å². The van der Waals surface area contributed by atoms with Crippen LogP contribution in [0.3, 0.4) is 0 Å². The minimum absolute atomic E-state index is 0.481. The van der Waals surface area contributed by atoms with E-state index in [1.54, 1.807) is 6.07 Å². The van der Waals surface area contributed by atoms with E-state index in [-0.39, 0.29) is 0 Å². The summed E-state index contributed by atoms with van der Waals surface area (Å²) < 4.78 is 0.989. The minimum atomic E-state index is 0.481. The summed E-state index contributed by atoms with van der Waals surface area (Å²) in [6, 6.07) is 15.7. The smallest absolute Gasteiger partial charge is 0.0992 e. The zero-order chi connectivity index (χ0) is 13.8. The van der Waals surface area contributed by atoms with E-state index in [1.165, 1.54) is 0 Å². The first-order valence-corrected chi connectivity index (χ1v) is 7.06. The Morgan fingerprint density at radius 1 is 1.21 bits per heavy atom. The fraction of sp³-hybridized carbons (Fsp3) is 0.133. The molecule has 0 aromatic heterocycles. The van der Waals surface area contributed by atoms with Gasteiger partial charge in [0.05, 0.1) is 11.6 Å². The predicted molar refractivity (Wildman–Crippen MR) is 82.9 cm³/mol. The molecule has 2 aromatic rings. The van der Waals surface area contributed by atoms with Gasteiger partial charge in [-0.05, 0) is 35.9 Å². The fourth-order valence-corrected chi connectivity index (χ4v) is 2.69. The Balaban J connectivity index is 2.36. The van der Waals surface area contributed by atoms with Gasteiger partial charge < -0.3 is 4.90 Å². The van der Waals surface area contributed by atoms with Gasteiger partial charge in [-0.2, -0.15) is 5.26 Å². The van der Waals surface area contributed by atoms with Crippen LogP contribution in [0.15, 0.2) is 46.9 Å². The second kappa shape index (κ2) is 6.10. The quantitative estimate of drug-likeness (QED) is 0.751. The summed E-state index contributed by atoms with van der Waals surface area (Å²) in [5.74, 6) is 0.481. The molecule has 0 unspecified atom stereocenters. The molecule has 0 spiro atoms. The monoisotopic (exact) mass is 334 g/mol. The van der Waals surface area contributed by atoms with Crippen LogP contribution in [0.5, 0.6) is 0 Å². The SMILES string of the molecule is CN(c1cccc(C#N)c1)c1ccc(CCl)c(Br)c1. The van der Waals surface area contributed by atoms with Gasteiger partial charge in [-0.15, -0.1) is 11.6 Å². The highest BCUT2D eigenvalue weighted by atomic mass is 79.9. The van der Waals surface area contributed by atoms with E-state index < -0.39 is 0 Å². The molecule has 0 atom stereocenters. The van der Waals surface area contributed by atoms with Gasteiger partial charge >= 0.3 is 0 Å². The lowest BCUT2D eigenvalue weighted by molar-refractivity contribution is 1.19. The van der Waals surface area contributed by atoms with Crippen molar-refractivity contribution in [3.8, 4) is 6.07 Å². The molecule has 0 fully saturated rings. The van der Waals surface area contributed by atoms with Crippen LogP contribution in [0.2, 0.25) is 0 Å². The van der Waals surface area contributed by atoms with Crippen LogP contribution in [-0.2, 0) is 5.88 Å². The van der Waals surface area contributed by atoms with E-state index in [0.717, 1.165) is 21.4 Å². The summed E-state index contributed by atoms with van der Waals surface area (Å²) in [4.78, 5) is 2.03. The van der Waals surface area contributed by atoms with Gasteiger partial charge in [0.25, 0.3) is 0 Å². The molecule has 2 aromatic carbocycles. The normalized spacial score (nSPS) is 10.0. The number of nitriles is 1. The number of anilines is 2. The molecule has 0 N–H and O–H groups in total. The van der Waals surface area contributed by atoms with E-state index in [0.29, 0.717) is 11.4 Å². The average molecular weight is 336 g/mol. The zero-order valence-electron chi connectivity index (χ0n) is 10.4. The number of benzene rings is 2. The molecule has 19 heavy (non-hydrogen) atoms. The lowest BCUT2D eigenvalue weighted by Crippen LogP contribution is -2.09. The highest BCUT2D eigenvalue weighted by molar-refractivity contribution is 9.10. The highest BCUT2D eigenvalue weighted by Gasteiger charge is 2.07. The summed E-state index contributed by atoms with van der Waals surface area (Å²) in [5.41, 5.74) is 3.73. The molecule has 2 nitrogen and oxygen atoms in total. The number of nitrogens with zero attached hydrogens (tertiary/aromatic N) is 2. The molecule has 2 rings (SSSR count). The van der Waals surface area contributed by atoms with Crippen molar-refractivity contribution in [1.29, 1.82) is 5.26 Å². The molecule has 0 aliphatic heterocycles. The van der Waals surface area contributed by atoms with Gasteiger partial charge in [-0.25, -0.2) is 0 Å². The topological polar surface area (TPSA) is 27.0 Å². The van der Waals surface area contributed by atoms with Crippen molar-refractivity contribution in [3.05, 3.63) is 58.1 Å². The average Bonchev–Trinajstić information content (AvgIpc) is 2.46. The summed E-state index contributed by atoms with van der Waals surface area (Å²) >= 11 is 9.35. The lowest BCUT2D eigenvalue weighted by atomic mass is 10.1. The van der Waals surface area contributed by atoms with Crippen LogP contribution < -0.4 is 4.90 Å². The summed E-state index contributed by atoms with van der Waals surface area (Å²) in [7, 11) is 1.97. The number of alkyl halides is 1. The third kappa shape index (κ3) is 3.09.